The van der Waals surface area contributed by atoms with E-state index in [4.69, 9.17) is 0 Å². The third kappa shape index (κ3) is 1.96. The van der Waals surface area contributed by atoms with E-state index in [1.165, 1.54) is 0 Å². The van der Waals surface area contributed by atoms with Crippen molar-refractivity contribution in [2.45, 2.75) is 25.4 Å². The van der Waals surface area contributed by atoms with Crippen LogP contribution in [0.4, 0.5) is 0 Å². The minimum absolute atomic E-state index is 0.141. The summed E-state index contributed by atoms with van der Waals surface area (Å²) in [5.74, 6) is 5.19. The first kappa shape index (κ1) is 12.7. The molecule has 0 unspecified atom stereocenters. The summed E-state index contributed by atoms with van der Waals surface area (Å²) in [4.78, 5) is 27.1. The van der Waals surface area contributed by atoms with Gasteiger partial charge in [0, 0.05) is 19.6 Å². The number of nitrogens with zero attached hydrogens (tertiary/aromatic N) is 2. The summed E-state index contributed by atoms with van der Waals surface area (Å²) in [6.07, 6.45) is 0.545. The molecule has 20 heavy (non-hydrogen) atoms. The lowest BCUT2D eigenvalue weighted by Gasteiger charge is -2.61. The van der Waals surface area contributed by atoms with Crippen LogP contribution in [0.15, 0.2) is 30.3 Å². The van der Waals surface area contributed by atoms with Gasteiger partial charge in [-0.25, -0.2) is 0 Å². The number of hydrogen-bond acceptors (Lipinski definition) is 2. The smallest absolute Gasteiger partial charge is 0.298 e. The van der Waals surface area contributed by atoms with E-state index in [9.17, 15) is 9.59 Å². The maximum atomic E-state index is 11.8. The Balaban J connectivity index is 1.66. The maximum Gasteiger partial charge on any atom is 0.298 e. The molecule has 2 fully saturated rings. The van der Waals surface area contributed by atoms with E-state index >= 15 is 0 Å². The number of amides is 2. The Bertz CT molecular complexity index is 606. The Hall–Kier alpha value is -2.28. The van der Waals surface area contributed by atoms with Crippen molar-refractivity contribution in [3.05, 3.63) is 35.9 Å². The van der Waals surface area contributed by atoms with Gasteiger partial charge in [0.05, 0.1) is 12.0 Å². The van der Waals surface area contributed by atoms with E-state index < -0.39 is 0 Å². The molecule has 102 valence electrons. The van der Waals surface area contributed by atoms with Crippen LogP contribution >= 0.6 is 0 Å². The molecule has 1 aromatic carbocycles. The summed E-state index contributed by atoms with van der Waals surface area (Å²) in [5, 5.41) is 0. The van der Waals surface area contributed by atoms with Gasteiger partial charge < -0.3 is 9.80 Å². The Morgan fingerprint density at radius 2 is 2.00 bits per heavy atom. The average Bonchev–Trinajstić information content (AvgIpc) is 2.41. The summed E-state index contributed by atoms with van der Waals surface area (Å²) >= 11 is 0. The fourth-order valence-electron chi connectivity index (χ4n) is 2.94. The first-order chi connectivity index (χ1) is 9.64. The van der Waals surface area contributed by atoms with Crippen LogP contribution < -0.4 is 0 Å². The molecule has 0 aliphatic carbocycles. The third-order valence-electron chi connectivity index (χ3n) is 4.03. The van der Waals surface area contributed by atoms with Gasteiger partial charge in [-0.05, 0) is 18.4 Å². The number of β-lactam (4-membered cyclic amide) rings is 1. The largest absolute Gasteiger partial charge is 0.329 e. The van der Waals surface area contributed by atoms with Crippen molar-refractivity contribution in [1.82, 2.24) is 9.80 Å². The Morgan fingerprint density at radius 3 is 2.60 bits per heavy atom. The molecule has 1 aromatic rings. The maximum absolute atomic E-state index is 11.8. The molecule has 4 nitrogen and oxygen atoms in total. The molecule has 0 saturated carbocycles. The molecule has 2 amide bonds. The molecule has 4 heteroatoms. The lowest BCUT2D eigenvalue weighted by atomic mass is 9.76. The molecule has 0 aromatic heterocycles. The molecule has 0 atom stereocenters. The highest BCUT2D eigenvalue weighted by Gasteiger charge is 2.58. The quantitative estimate of drug-likeness (QED) is 0.593. The second-order valence-corrected chi connectivity index (χ2v) is 5.40. The number of hydrogen-bond donors (Lipinski definition) is 0. The third-order valence-corrected chi connectivity index (χ3v) is 4.03. The van der Waals surface area contributed by atoms with E-state index in [2.05, 4.69) is 11.8 Å². The molecular formula is C16H16N2O2. The van der Waals surface area contributed by atoms with Gasteiger partial charge in [-0.15, -0.1) is 0 Å². The summed E-state index contributed by atoms with van der Waals surface area (Å²) in [6.45, 7) is 3.50. The van der Waals surface area contributed by atoms with Gasteiger partial charge in [-0.1, -0.05) is 36.3 Å². The van der Waals surface area contributed by atoms with Gasteiger partial charge in [-0.2, -0.15) is 0 Å². The number of likely N-dealkylation sites (tertiary alicyclic amines) is 2. The van der Waals surface area contributed by atoms with Gasteiger partial charge in [0.15, 0.2) is 0 Å². The van der Waals surface area contributed by atoms with Crippen molar-refractivity contribution in [2.24, 2.45) is 0 Å². The lowest BCUT2D eigenvalue weighted by Crippen LogP contribution is -2.78. The minimum atomic E-state index is -0.142. The predicted octanol–water partition coefficient (Wildman–Crippen LogP) is 1.02. The molecule has 2 heterocycles. The van der Waals surface area contributed by atoms with E-state index in [1.54, 1.807) is 11.8 Å². The lowest BCUT2D eigenvalue weighted by molar-refractivity contribution is -0.180. The Labute approximate surface area is 118 Å². The highest BCUT2D eigenvalue weighted by atomic mass is 16.2. The topological polar surface area (TPSA) is 40.6 Å². The van der Waals surface area contributed by atoms with Crippen LogP contribution in [0.5, 0.6) is 0 Å². The molecule has 1 spiro atoms. The van der Waals surface area contributed by atoms with E-state index in [1.807, 2.05) is 35.2 Å². The Kier molecular flexibility index (Phi) is 2.98. The van der Waals surface area contributed by atoms with Crippen molar-refractivity contribution < 1.29 is 9.59 Å². The molecule has 2 saturated heterocycles. The van der Waals surface area contributed by atoms with Crippen molar-refractivity contribution in [3.63, 3.8) is 0 Å². The number of rotatable bonds is 2. The molecule has 2 aliphatic rings. The van der Waals surface area contributed by atoms with Crippen LogP contribution in [0.1, 0.15) is 18.9 Å². The first-order valence-electron chi connectivity index (χ1n) is 6.71. The van der Waals surface area contributed by atoms with E-state index in [0.717, 1.165) is 5.56 Å². The van der Waals surface area contributed by atoms with Crippen LogP contribution in [-0.4, -0.2) is 40.2 Å². The predicted molar refractivity (Wildman–Crippen MR) is 74.4 cm³/mol. The van der Waals surface area contributed by atoms with Gasteiger partial charge in [0.25, 0.3) is 5.91 Å². The zero-order valence-corrected chi connectivity index (χ0v) is 11.4. The van der Waals surface area contributed by atoms with Gasteiger partial charge in [0.1, 0.15) is 0 Å². The van der Waals surface area contributed by atoms with Crippen molar-refractivity contribution >= 4 is 11.8 Å². The molecule has 0 radical (unpaired) electrons. The summed E-state index contributed by atoms with van der Waals surface area (Å²) in [6, 6.07) is 9.94. The molecular weight excluding hydrogens is 252 g/mol. The van der Waals surface area contributed by atoms with Crippen LogP contribution in [-0.2, 0) is 16.1 Å². The Morgan fingerprint density at radius 1 is 1.30 bits per heavy atom. The standard InChI is InChI=1S/C16H16N2O2/c1-2-6-14(19)17-11-16(12-17)9-15(20)18(16)10-13-7-4-3-5-8-13/h3-5,7-8H,9-12H2,1H3. The summed E-state index contributed by atoms with van der Waals surface area (Å²) in [5.41, 5.74) is 0.982. The average molecular weight is 268 g/mol. The number of benzene rings is 1. The second-order valence-electron chi connectivity index (χ2n) is 5.40. The van der Waals surface area contributed by atoms with Gasteiger partial charge in [-0.3, -0.25) is 9.59 Å². The second kappa shape index (κ2) is 4.68. The summed E-state index contributed by atoms with van der Waals surface area (Å²) < 4.78 is 0. The monoisotopic (exact) mass is 268 g/mol. The van der Waals surface area contributed by atoms with Crippen LogP contribution in [0.3, 0.4) is 0 Å². The van der Waals surface area contributed by atoms with Crippen LogP contribution in [0.2, 0.25) is 0 Å². The zero-order chi connectivity index (χ0) is 14.2. The minimum Gasteiger partial charge on any atom is -0.329 e. The molecule has 0 bridgehead atoms. The number of carbonyl (C=O) groups excluding carboxylic acids is 2. The van der Waals surface area contributed by atoms with Crippen molar-refractivity contribution in [3.8, 4) is 11.8 Å². The van der Waals surface area contributed by atoms with Crippen molar-refractivity contribution in [2.75, 3.05) is 13.1 Å². The number of carbonyl (C=O) groups is 2. The fourth-order valence-corrected chi connectivity index (χ4v) is 2.94. The summed E-state index contributed by atoms with van der Waals surface area (Å²) in [7, 11) is 0. The van der Waals surface area contributed by atoms with Gasteiger partial charge in [0.2, 0.25) is 5.91 Å². The molecule has 0 N–H and O–H groups in total. The first-order valence-corrected chi connectivity index (χ1v) is 6.71. The van der Waals surface area contributed by atoms with E-state index in [-0.39, 0.29) is 17.4 Å². The highest BCUT2D eigenvalue weighted by molar-refractivity contribution is 5.95. The van der Waals surface area contributed by atoms with E-state index in [0.29, 0.717) is 26.1 Å². The normalized spacial score (nSPS) is 18.9. The highest BCUT2D eigenvalue weighted by Crippen LogP contribution is 2.41. The van der Waals surface area contributed by atoms with Crippen LogP contribution in [0.25, 0.3) is 0 Å². The zero-order valence-electron chi connectivity index (χ0n) is 11.4. The van der Waals surface area contributed by atoms with Crippen LogP contribution in [0, 0.1) is 11.8 Å². The molecule has 2 aliphatic heterocycles. The molecule has 3 rings (SSSR count). The fraction of sp³-hybridized carbons (Fsp3) is 0.375. The van der Waals surface area contributed by atoms with Crippen molar-refractivity contribution in [1.29, 1.82) is 0 Å². The van der Waals surface area contributed by atoms with Gasteiger partial charge >= 0.3 is 0 Å². The SMILES string of the molecule is CC#CC(=O)N1CC2(CC(=O)N2Cc2ccccc2)C1.